The Labute approximate surface area is 213 Å². The van der Waals surface area contributed by atoms with Gasteiger partial charge in [0, 0.05) is 42.2 Å². The van der Waals surface area contributed by atoms with E-state index in [0.717, 1.165) is 53.4 Å². The summed E-state index contributed by atoms with van der Waals surface area (Å²) in [5, 5.41) is 7.20. The van der Waals surface area contributed by atoms with Gasteiger partial charge in [-0.25, -0.2) is 13.8 Å². The summed E-state index contributed by atoms with van der Waals surface area (Å²) in [6, 6.07) is 14.4. The third kappa shape index (κ3) is 5.26. The third-order valence-corrected chi connectivity index (χ3v) is 6.05. The number of fused-ring (bicyclic) bond motifs is 1. The highest BCUT2D eigenvalue weighted by atomic mass is 19.1. The van der Waals surface area contributed by atoms with Crippen LogP contribution in [-0.4, -0.2) is 50.8 Å². The van der Waals surface area contributed by atoms with E-state index >= 15 is 0 Å². The molecule has 0 saturated carbocycles. The van der Waals surface area contributed by atoms with Crippen LogP contribution < -0.4 is 5.32 Å². The van der Waals surface area contributed by atoms with Gasteiger partial charge in [0.25, 0.3) is 0 Å². The molecule has 0 spiro atoms. The minimum atomic E-state index is -0.557. The van der Waals surface area contributed by atoms with Gasteiger partial charge in [-0.3, -0.25) is 14.0 Å². The van der Waals surface area contributed by atoms with Crippen LogP contribution in [-0.2, 0) is 11.3 Å². The second-order valence-electron chi connectivity index (χ2n) is 9.19. The molecule has 9 heteroatoms. The number of rotatable bonds is 7. The molecule has 188 valence electrons. The van der Waals surface area contributed by atoms with E-state index in [2.05, 4.69) is 20.3 Å². The number of carbonyl (C=O) groups is 1. The molecule has 0 aliphatic heterocycles. The summed E-state index contributed by atoms with van der Waals surface area (Å²) in [4.78, 5) is 18.5. The lowest BCUT2D eigenvalue weighted by Gasteiger charge is -2.13. The molecule has 0 atom stereocenters. The summed E-state index contributed by atoms with van der Waals surface area (Å²) in [7, 11) is 4.05. The van der Waals surface area contributed by atoms with Crippen LogP contribution in [0.3, 0.4) is 0 Å². The fourth-order valence-electron chi connectivity index (χ4n) is 4.24. The van der Waals surface area contributed by atoms with Gasteiger partial charge in [0.15, 0.2) is 0 Å². The first-order chi connectivity index (χ1) is 17.8. The molecule has 0 radical (unpaired) electrons. The van der Waals surface area contributed by atoms with E-state index in [0.29, 0.717) is 16.9 Å². The molecular formula is C28H26F2N6O. The van der Waals surface area contributed by atoms with Crippen LogP contribution in [0.15, 0.2) is 73.3 Å². The Hall–Kier alpha value is -4.37. The summed E-state index contributed by atoms with van der Waals surface area (Å²) in [5.41, 5.74) is 5.23. The fraction of sp³-hybridized carbons (Fsp3) is 0.179. The Morgan fingerprint density at radius 1 is 1.00 bits per heavy atom. The smallest absolute Gasteiger partial charge is 0.221 e. The molecule has 5 rings (SSSR count). The molecule has 7 nitrogen and oxygen atoms in total. The number of carbonyl (C=O) groups excluding carboxylic acids is 1. The Bertz CT molecular complexity index is 1600. The van der Waals surface area contributed by atoms with Gasteiger partial charge in [0.05, 0.1) is 23.8 Å². The van der Waals surface area contributed by atoms with E-state index in [9.17, 15) is 13.6 Å². The fourth-order valence-corrected chi connectivity index (χ4v) is 4.24. The van der Waals surface area contributed by atoms with E-state index in [-0.39, 0.29) is 11.5 Å². The molecule has 2 aromatic heterocycles. The van der Waals surface area contributed by atoms with E-state index in [4.69, 9.17) is 0 Å². The van der Waals surface area contributed by atoms with Gasteiger partial charge >= 0.3 is 0 Å². The minimum Gasteiger partial charge on any atom is -0.326 e. The maximum atomic E-state index is 14.6. The third-order valence-electron chi connectivity index (χ3n) is 6.05. The molecule has 0 saturated heterocycles. The predicted octanol–water partition coefficient (Wildman–Crippen LogP) is 5.35. The van der Waals surface area contributed by atoms with E-state index in [1.165, 1.54) is 6.92 Å². The number of benzene rings is 3. The average Bonchev–Trinajstić information content (AvgIpc) is 3.50. The number of nitrogens with zero attached hydrogens (tertiary/aromatic N) is 5. The summed E-state index contributed by atoms with van der Waals surface area (Å²) in [6.07, 6.45) is 5.52. The lowest BCUT2D eigenvalue weighted by Crippen LogP contribution is -2.18. The van der Waals surface area contributed by atoms with E-state index in [1.54, 1.807) is 24.5 Å². The largest absolute Gasteiger partial charge is 0.326 e. The molecule has 0 fully saturated rings. The standard InChI is InChI=1S/C28H26F2N6O/c1-18(37)33-23-10-20(25-13-22(29)5-6-26(25)30)11-24(14-23)36-17-31-27-12-19(4-7-28(27)36)21-15-32-35(16-21)9-8-34(2)3/h4-7,10-17H,8-9H2,1-3H3,(H,33,37). The summed E-state index contributed by atoms with van der Waals surface area (Å²) >= 11 is 0. The number of hydrogen-bond acceptors (Lipinski definition) is 4. The number of anilines is 1. The van der Waals surface area contributed by atoms with Crippen molar-refractivity contribution < 1.29 is 13.6 Å². The van der Waals surface area contributed by atoms with Gasteiger partial charge in [-0.15, -0.1) is 0 Å². The van der Waals surface area contributed by atoms with Crippen molar-refractivity contribution in [2.24, 2.45) is 0 Å². The van der Waals surface area contributed by atoms with Crippen molar-refractivity contribution in [3.63, 3.8) is 0 Å². The van der Waals surface area contributed by atoms with Gasteiger partial charge in [-0.05, 0) is 73.8 Å². The lowest BCUT2D eigenvalue weighted by molar-refractivity contribution is -0.114. The number of aromatic nitrogens is 4. The van der Waals surface area contributed by atoms with Gasteiger partial charge in [0.1, 0.15) is 18.0 Å². The summed E-state index contributed by atoms with van der Waals surface area (Å²) < 4.78 is 32.3. The van der Waals surface area contributed by atoms with E-state index < -0.39 is 11.6 Å². The van der Waals surface area contributed by atoms with Crippen LogP contribution in [0.25, 0.3) is 39.0 Å². The number of imidazole rings is 1. The predicted molar refractivity (Wildman–Crippen MR) is 141 cm³/mol. The topological polar surface area (TPSA) is 68.0 Å². The van der Waals surface area contributed by atoms with Crippen LogP contribution in [0.5, 0.6) is 0 Å². The van der Waals surface area contributed by atoms with Gasteiger partial charge in [-0.1, -0.05) is 6.07 Å². The molecule has 2 heterocycles. The monoisotopic (exact) mass is 500 g/mol. The molecule has 0 aliphatic rings. The van der Waals surface area contributed by atoms with Gasteiger partial charge in [0.2, 0.25) is 5.91 Å². The Morgan fingerprint density at radius 2 is 1.84 bits per heavy atom. The normalized spacial score (nSPS) is 11.4. The molecule has 0 unspecified atom stereocenters. The maximum Gasteiger partial charge on any atom is 0.221 e. The second kappa shape index (κ2) is 9.94. The SMILES string of the molecule is CC(=O)Nc1cc(-c2cc(F)ccc2F)cc(-n2cnc3cc(-c4cnn(CCN(C)C)c4)ccc32)c1. The Kier molecular flexibility index (Phi) is 6.54. The van der Waals surface area contributed by atoms with Crippen molar-refractivity contribution in [2.45, 2.75) is 13.5 Å². The molecule has 0 aliphatic carbocycles. The van der Waals surface area contributed by atoms with Crippen molar-refractivity contribution in [1.29, 1.82) is 0 Å². The van der Waals surface area contributed by atoms with Crippen molar-refractivity contribution in [2.75, 3.05) is 26.0 Å². The Balaban J connectivity index is 1.54. The lowest BCUT2D eigenvalue weighted by atomic mass is 10.0. The van der Waals surface area contributed by atoms with E-state index in [1.807, 2.05) is 53.9 Å². The van der Waals surface area contributed by atoms with Crippen molar-refractivity contribution in [1.82, 2.24) is 24.2 Å². The Morgan fingerprint density at radius 3 is 2.62 bits per heavy atom. The second-order valence-corrected chi connectivity index (χ2v) is 9.19. The zero-order valence-corrected chi connectivity index (χ0v) is 20.7. The maximum absolute atomic E-state index is 14.6. The molecule has 3 aromatic carbocycles. The zero-order chi connectivity index (χ0) is 26.1. The van der Waals surface area contributed by atoms with Crippen LogP contribution in [0.2, 0.25) is 0 Å². The highest BCUT2D eigenvalue weighted by molar-refractivity contribution is 5.91. The van der Waals surface area contributed by atoms with Crippen molar-refractivity contribution in [3.8, 4) is 27.9 Å². The average molecular weight is 501 g/mol. The number of hydrogen-bond donors (Lipinski definition) is 1. The molecule has 1 amide bonds. The molecule has 0 bridgehead atoms. The number of nitrogens with one attached hydrogen (secondary N) is 1. The molecule has 37 heavy (non-hydrogen) atoms. The first-order valence-electron chi connectivity index (χ1n) is 11.8. The van der Waals surface area contributed by atoms with Crippen LogP contribution in [0.4, 0.5) is 14.5 Å². The zero-order valence-electron chi connectivity index (χ0n) is 20.7. The van der Waals surface area contributed by atoms with Gasteiger partial charge < -0.3 is 10.2 Å². The first-order valence-corrected chi connectivity index (χ1v) is 11.8. The first kappa shape index (κ1) is 24.3. The van der Waals surface area contributed by atoms with Gasteiger partial charge in [-0.2, -0.15) is 5.10 Å². The number of amides is 1. The van der Waals surface area contributed by atoms with Crippen LogP contribution in [0.1, 0.15) is 6.92 Å². The highest BCUT2D eigenvalue weighted by Gasteiger charge is 2.14. The minimum absolute atomic E-state index is 0.103. The molecule has 5 aromatic rings. The highest BCUT2D eigenvalue weighted by Crippen LogP contribution is 2.31. The van der Waals surface area contributed by atoms with Crippen molar-refractivity contribution in [3.05, 3.63) is 85.0 Å². The van der Waals surface area contributed by atoms with Crippen LogP contribution >= 0.6 is 0 Å². The summed E-state index contributed by atoms with van der Waals surface area (Å²) in [5.74, 6) is -1.37. The van der Waals surface area contributed by atoms with Crippen LogP contribution in [0, 0.1) is 11.6 Å². The number of halogens is 2. The number of likely N-dealkylation sites (N-methyl/N-ethyl adjacent to an activating group) is 1. The quantitative estimate of drug-likeness (QED) is 0.327. The summed E-state index contributed by atoms with van der Waals surface area (Å²) in [6.45, 7) is 3.08. The molecular weight excluding hydrogens is 474 g/mol. The van der Waals surface area contributed by atoms with Crippen molar-refractivity contribution >= 4 is 22.6 Å². The molecule has 1 N–H and O–H groups in total.